The minimum atomic E-state index is -0.523. The number of nitrogens with zero attached hydrogens (tertiary/aromatic N) is 5. The average molecular weight is 430 g/mol. The first-order valence-electron chi connectivity index (χ1n) is 11.2. The van der Waals surface area contributed by atoms with Crippen molar-refractivity contribution < 1.29 is 14.3 Å². The molecule has 1 aromatic heterocycles. The van der Waals surface area contributed by atoms with Crippen LogP contribution in [-0.2, 0) is 4.74 Å². The summed E-state index contributed by atoms with van der Waals surface area (Å²) in [5.74, 6) is 1.40. The molecule has 0 aliphatic carbocycles. The van der Waals surface area contributed by atoms with Gasteiger partial charge in [0.05, 0.1) is 6.54 Å². The fraction of sp³-hybridized carbons (Fsp3) is 0.696. The Morgan fingerprint density at radius 1 is 1.19 bits per heavy atom. The van der Waals surface area contributed by atoms with Crippen LogP contribution in [0.4, 0.5) is 10.6 Å². The third-order valence-corrected chi connectivity index (χ3v) is 5.57. The van der Waals surface area contributed by atoms with E-state index in [1.54, 1.807) is 11.0 Å². The van der Waals surface area contributed by atoms with Crippen molar-refractivity contribution in [2.45, 2.75) is 64.7 Å². The Bertz CT molecular complexity index is 816. The summed E-state index contributed by atoms with van der Waals surface area (Å²) >= 11 is 0. The second-order valence-electron chi connectivity index (χ2n) is 9.62. The Balaban J connectivity index is 1.73. The molecular formula is C23H35N5O3. The van der Waals surface area contributed by atoms with E-state index in [1.807, 2.05) is 26.8 Å². The summed E-state index contributed by atoms with van der Waals surface area (Å²) in [6.07, 6.45) is 2.29. The molecule has 2 aliphatic heterocycles. The first-order valence-corrected chi connectivity index (χ1v) is 11.2. The molecule has 1 aromatic rings. The van der Waals surface area contributed by atoms with Crippen molar-refractivity contribution >= 4 is 11.9 Å². The fourth-order valence-electron chi connectivity index (χ4n) is 4.20. The van der Waals surface area contributed by atoms with Crippen LogP contribution in [0.5, 0.6) is 5.75 Å². The Kier molecular flexibility index (Phi) is 7.26. The highest BCUT2D eigenvalue weighted by Crippen LogP contribution is 2.26. The van der Waals surface area contributed by atoms with Crippen molar-refractivity contribution in [3.63, 3.8) is 0 Å². The summed E-state index contributed by atoms with van der Waals surface area (Å²) in [4.78, 5) is 23.3. The summed E-state index contributed by atoms with van der Waals surface area (Å²) in [6, 6.07) is 6.06. The van der Waals surface area contributed by atoms with E-state index < -0.39 is 5.60 Å². The van der Waals surface area contributed by atoms with Crippen LogP contribution in [-0.4, -0.2) is 78.4 Å². The standard InChI is InChI=1S/C23H35N5O3/c1-17-15-26(5)9-7-11-28(17)21-13-20(12-18(14-24)25-21)30-19-8-6-10-27(16-19)22(29)31-23(2,3)4/h12-13,17,19H,6-11,15-16H2,1-5H3/t17-,19?/m0/s1. The summed E-state index contributed by atoms with van der Waals surface area (Å²) in [6.45, 7) is 11.8. The van der Waals surface area contributed by atoms with Crippen LogP contribution >= 0.6 is 0 Å². The molecule has 0 radical (unpaired) electrons. The molecule has 8 heteroatoms. The second-order valence-corrected chi connectivity index (χ2v) is 9.62. The highest BCUT2D eigenvalue weighted by Gasteiger charge is 2.29. The van der Waals surface area contributed by atoms with E-state index in [2.05, 4.69) is 34.8 Å². The topological polar surface area (TPSA) is 81.9 Å². The van der Waals surface area contributed by atoms with Crippen molar-refractivity contribution in [1.29, 1.82) is 5.26 Å². The number of anilines is 1. The zero-order valence-corrected chi connectivity index (χ0v) is 19.4. The summed E-state index contributed by atoms with van der Waals surface area (Å²) in [7, 11) is 2.13. The van der Waals surface area contributed by atoms with E-state index >= 15 is 0 Å². The minimum absolute atomic E-state index is 0.143. The van der Waals surface area contributed by atoms with Crippen molar-refractivity contribution in [1.82, 2.24) is 14.8 Å². The maximum atomic E-state index is 12.5. The van der Waals surface area contributed by atoms with Crippen LogP contribution in [0.25, 0.3) is 0 Å². The van der Waals surface area contributed by atoms with Crippen LogP contribution in [0.15, 0.2) is 12.1 Å². The number of rotatable bonds is 3. The molecule has 2 saturated heterocycles. The molecule has 8 nitrogen and oxygen atoms in total. The quantitative estimate of drug-likeness (QED) is 0.729. The number of carbonyl (C=O) groups excluding carboxylic acids is 1. The van der Waals surface area contributed by atoms with E-state index in [4.69, 9.17) is 9.47 Å². The number of carbonyl (C=O) groups is 1. The predicted molar refractivity (Wildman–Crippen MR) is 119 cm³/mol. The van der Waals surface area contributed by atoms with E-state index in [-0.39, 0.29) is 12.2 Å². The number of piperidine rings is 1. The van der Waals surface area contributed by atoms with Gasteiger partial charge < -0.3 is 24.2 Å². The number of hydrogen-bond acceptors (Lipinski definition) is 7. The van der Waals surface area contributed by atoms with Crippen LogP contribution in [0, 0.1) is 11.3 Å². The number of nitriles is 1. The molecule has 0 bridgehead atoms. The molecule has 1 amide bonds. The smallest absolute Gasteiger partial charge is 0.410 e. The number of aromatic nitrogens is 1. The lowest BCUT2D eigenvalue weighted by Crippen LogP contribution is -2.46. The Morgan fingerprint density at radius 2 is 1.97 bits per heavy atom. The number of pyridine rings is 1. The molecule has 0 spiro atoms. The lowest BCUT2D eigenvalue weighted by Gasteiger charge is -2.34. The molecular weight excluding hydrogens is 394 g/mol. The van der Waals surface area contributed by atoms with Gasteiger partial charge >= 0.3 is 6.09 Å². The van der Waals surface area contributed by atoms with E-state index in [0.717, 1.165) is 44.7 Å². The second kappa shape index (κ2) is 9.73. The third-order valence-electron chi connectivity index (χ3n) is 5.57. The van der Waals surface area contributed by atoms with Gasteiger partial charge in [0.1, 0.15) is 35.0 Å². The van der Waals surface area contributed by atoms with Crippen molar-refractivity contribution in [2.24, 2.45) is 0 Å². The SMILES string of the molecule is C[C@H]1CN(C)CCCN1c1cc(OC2CCCN(C(=O)OC(C)(C)C)C2)cc(C#N)n1. The monoisotopic (exact) mass is 429 g/mol. The minimum Gasteiger partial charge on any atom is -0.488 e. The highest BCUT2D eigenvalue weighted by atomic mass is 16.6. The highest BCUT2D eigenvalue weighted by molar-refractivity contribution is 5.68. The molecule has 0 aromatic carbocycles. The molecule has 3 heterocycles. The largest absolute Gasteiger partial charge is 0.488 e. The first-order chi connectivity index (χ1) is 14.6. The Hall–Kier alpha value is -2.53. The van der Waals surface area contributed by atoms with Crippen LogP contribution < -0.4 is 9.64 Å². The predicted octanol–water partition coefficient (Wildman–Crippen LogP) is 3.26. The van der Waals surface area contributed by atoms with Gasteiger partial charge in [-0.15, -0.1) is 0 Å². The lowest BCUT2D eigenvalue weighted by atomic mass is 10.1. The van der Waals surface area contributed by atoms with Crippen LogP contribution in [0.3, 0.4) is 0 Å². The molecule has 0 N–H and O–H groups in total. The molecule has 2 aliphatic rings. The van der Waals surface area contributed by atoms with E-state index in [0.29, 0.717) is 30.6 Å². The maximum Gasteiger partial charge on any atom is 0.410 e. The van der Waals surface area contributed by atoms with Gasteiger partial charge in [-0.05, 0) is 60.5 Å². The molecule has 170 valence electrons. The normalized spacial score (nSPS) is 23.1. The van der Waals surface area contributed by atoms with Gasteiger partial charge in [0, 0.05) is 37.8 Å². The zero-order valence-electron chi connectivity index (χ0n) is 19.4. The number of amides is 1. The van der Waals surface area contributed by atoms with Gasteiger partial charge in [-0.2, -0.15) is 5.26 Å². The van der Waals surface area contributed by atoms with Gasteiger partial charge in [-0.1, -0.05) is 0 Å². The molecule has 0 saturated carbocycles. The van der Waals surface area contributed by atoms with Crippen molar-refractivity contribution in [3.05, 3.63) is 17.8 Å². The maximum absolute atomic E-state index is 12.5. The molecule has 31 heavy (non-hydrogen) atoms. The average Bonchev–Trinajstić information content (AvgIpc) is 2.86. The van der Waals surface area contributed by atoms with Gasteiger partial charge in [0.15, 0.2) is 0 Å². The van der Waals surface area contributed by atoms with Crippen LogP contribution in [0.1, 0.15) is 52.7 Å². The van der Waals surface area contributed by atoms with E-state index in [9.17, 15) is 10.1 Å². The first kappa shape index (κ1) is 23.1. The number of ether oxygens (including phenoxy) is 2. The van der Waals surface area contributed by atoms with Crippen molar-refractivity contribution in [3.8, 4) is 11.8 Å². The van der Waals surface area contributed by atoms with E-state index in [1.165, 1.54) is 0 Å². The zero-order chi connectivity index (χ0) is 22.6. The Morgan fingerprint density at radius 3 is 2.68 bits per heavy atom. The molecule has 3 rings (SSSR count). The van der Waals surface area contributed by atoms with Gasteiger partial charge in [-0.25, -0.2) is 9.78 Å². The van der Waals surface area contributed by atoms with Gasteiger partial charge in [0.2, 0.25) is 0 Å². The van der Waals surface area contributed by atoms with Crippen LogP contribution in [0.2, 0.25) is 0 Å². The number of likely N-dealkylation sites (tertiary alicyclic amines) is 1. The van der Waals surface area contributed by atoms with Crippen molar-refractivity contribution in [2.75, 3.05) is 44.7 Å². The van der Waals surface area contributed by atoms with Gasteiger partial charge in [-0.3, -0.25) is 0 Å². The molecule has 2 atom stereocenters. The fourth-order valence-corrected chi connectivity index (χ4v) is 4.20. The molecule has 1 unspecified atom stereocenters. The third kappa shape index (κ3) is 6.47. The number of likely N-dealkylation sites (N-methyl/N-ethyl adjacent to an activating group) is 1. The summed E-state index contributed by atoms with van der Waals surface area (Å²) in [5.41, 5.74) is -0.179. The van der Waals surface area contributed by atoms with Gasteiger partial charge in [0.25, 0.3) is 0 Å². The Labute approximate surface area is 185 Å². The summed E-state index contributed by atoms with van der Waals surface area (Å²) < 4.78 is 11.8. The lowest BCUT2D eigenvalue weighted by molar-refractivity contribution is 0.00775. The number of hydrogen-bond donors (Lipinski definition) is 0. The summed E-state index contributed by atoms with van der Waals surface area (Å²) in [5, 5.41) is 9.51. The molecule has 2 fully saturated rings.